The fourth-order valence-corrected chi connectivity index (χ4v) is 2.78. The minimum Gasteiger partial charge on any atom is -0.338 e. The third-order valence-corrected chi connectivity index (χ3v) is 4.43. The zero-order chi connectivity index (χ0) is 20.1. The molecule has 2 heterocycles. The second-order valence-corrected chi connectivity index (χ2v) is 6.65. The van der Waals surface area contributed by atoms with E-state index in [1.54, 1.807) is 26.8 Å². The smallest absolute Gasteiger partial charge is 0.320 e. The zero-order valence-electron chi connectivity index (χ0n) is 16.2. The number of hydrogen-bond donors (Lipinski definition) is 3. The molecule has 2 amide bonds. The van der Waals surface area contributed by atoms with Gasteiger partial charge in [0.2, 0.25) is 5.95 Å². The minimum atomic E-state index is -0.333. The molecule has 3 aromatic rings. The lowest BCUT2D eigenvalue weighted by atomic mass is 10.1. The van der Waals surface area contributed by atoms with E-state index in [9.17, 15) is 9.59 Å². The van der Waals surface area contributed by atoms with Gasteiger partial charge in [-0.15, -0.1) is 0 Å². The molecule has 146 valence electrons. The molecular weight excluding hydrogens is 356 g/mol. The van der Waals surface area contributed by atoms with Crippen molar-refractivity contribution in [2.45, 2.75) is 33.6 Å². The highest BCUT2D eigenvalue weighted by atomic mass is 16.2. The van der Waals surface area contributed by atoms with E-state index in [1.807, 2.05) is 18.2 Å². The monoisotopic (exact) mass is 380 g/mol. The molecule has 0 aliphatic heterocycles. The zero-order valence-corrected chi connectivity index (χ0v) is 16.2. The van der Waals surface area contributed by atoms with Crippen LogP contribution in [0.4, 0.5) is 10.6 Å². The van der Waals surface area contributed by atoms with Gasteiger partial charge in [0.1, 0.15) is 5.82 Å². The summed E-state index contributed by atoms with van der Waals surface area (Å²) in [5, 5.41) is 9.93. The van der Waals surface area contributed by atoms with Crippen molar-refractivity contribution >= 4 is 11.8 Å². The van der Waals surface area contributed by atoms with Gasteiger partial charge in [0, 0.05) is 23.9 Å². The number of nitrogens with zero attached hydrogens (tertiary/aromatic N) is 3. The van der Waals surface area contributed by atoms with Crippen molar-refractivity contribution in [2.75, 3.05) is 11.9 Å². The predicted octanol–water partition coefficient (Wildman–Crippen LogP) is 2.64. The van der Waals surface area contributed by atoms with Gasteiger partial charge in [0.15, 0.2) is 0 Å². The largest absolute Gasteiger partial charge is 0.338 e. The number of anilines is 1. The Balaban J connectivity index is 1.63. The van der Waals surface area contributed by atoms with Crippen LogP contribution in [0.3, 0.4) is 0 Å². The van der Waals surface area contributed by atoms with Crippen LogP contribution in [0.15, 0.2) is 41.2 Å². The van der Waals surface area contributed by atoms with Gasteiger partial charge in [-0.25, -0.2) is 9.78 Å². The second kappa shape index (κ2) is 8.51. The summed E-state index contributed by atoms with van der Waals surface area (Å²) in [6.07, 6.45) is 1.73. The van der Waals surface area contributed by atoms with E-state index in [1.165, 1.54) is 10.2 Å². The predicted molar refractivity (Wildman–Crippen MR) is 108 cm³/mol. The molecule has 3 rings (SSSR count). The van der Waals surface area contributed by atoms with Crippen molar-refractivity contribution in [1.29, 1.82) is 0 Å². The molecule has 28 heavy (non-hydrogen) atoms. The Morgan fingerprint density at radius 3 is 2.64 bits per heavy atom. The van der Waals surface area contributed by atoms with E-state index in [2.05, 4.69) is 37.8 Å². The highest BCUT2D eigenvalue weighted by Crippen LogP contribution is 2.14. The van der Waals surface area contributed by atoms with Crippen LogP contribution in [0.25, 0.3) is 5.95 Å². The molecule has 0 unspecified atom stereocenters. The van der Waals surface area contributed by atoms with Crippen LogP contribution in [0, 0.1) is 20.8 Å². The third-order valence-electron chi connectivity index (χ3n) is 4.43. The lowest BCUT2D eigenvalue weighted by Gasteiger charge is -2.10. The van der Waals surface area contributed by atoms with Gasteiger partial charge in [0.05, 0.1) is 5.69 Å². The number of H-pyrrole nitrogens is 1. The van der Waals surface area contributed by atoms with E-state index in [0.717, 1.165) is 12.8 Å². The number of aromatic amines is 1. The van der Waals surface area contributed by atoms with E-state index in [-0.39, 0.29) is 17.5 Å². The molecule has 3 N–H and O–H groups in total. The molecule has 0 fully saturated rings. The highest BCUT2D eigenvalue weighted by Gasteiger charge is 2.14. The number of carbonyl (C=O) groups excluding carboxylic acids is 1. The lowest BCUT2D eigenvalue weighted by molar-refractivity contribution is 0.252. The van der Waals surface area contributed by atoms with Crippen molar-refractivity contribution in [3.05, 3.63) is 69.3 Å². The van der Waals surface area contributed by atoms with Crippen LogP contribution < -0.4 is 16.2 Å². The maximum absolute atomic E-state index is 12.2. The summed E-state index contributed by atoms with van der Waals surface area (Å²) in [5.74, 6) is 0.699. The number of aromatic nitrogens is 4. The van der Waals surface area contributed by atoms with Crippen molar-refractivity contribution in [3.63, 3.8) is 0 Å². The van der Waals surface area contributed by atoms with Crippen LogP contribution in [0.5, 0.6) is 0 Å². The first-order valence-electron chi connectivity index (χ1n) is 9.17. The van der Waals surface area contributed by atoms with E-state index < -0.39 is 0 Å². The van der Waals surface area contributed by atoms with Crippen LogP contribution in [0.2, 0.25) is 0 Å². The SMILES string of the molecule is Cc1cc(NC(=O)NCCCc2ccccc2)n(-c2nc(C)c(C)c(=O)[nH]2)n1. The number of hydrogen-bond acceptors (Lipinski definition) is 4. The molecule has 0 bridgehead atoms. The summed E-state index contributed by atoms with van der Waals surface area (Å²) < 4.78 is 1.42. The Morgan fingerprint density at radius 1 is 1.18 bits per heavy atom. The summed E-state index contributed by atoms with van der Waals surface area (Å²) in [5.41, 5.74) is 2.87. The van der Waals surface area contributed by atoms with Crippen LogP contribution in [-0.2, 0) is 6.42 Å². The van der Waals surface area contributed by atoms with Crippen LogP contribution in [0.1, 0.15) is 28.9 Å². The molecule has 0 aliphatic carbocycles. The maximum atomic E-state index is 12.2. The van der Waals surface area contributed by atoms with Gasteiger partial charge < -0.3 is 5.32 Å². The van der Waals surface area contributed by atoms with Gasteiger partial charge in [0.25, 0.3) is 5.56 Å². The molecule has 1 aromatic carbocycles. The number of benzene rings is 1. The normalized spacial score (nSPS) is 10.7. The Labute approximate surface area is 163 Å². The number of urea groups is 1. The van der Waals surface area contributed by atoms with E-state index in [4.69, 9.17) is 0 Å². The summed E-state index contributed by atoms with van der Waals surface area (Å²) in [6, 6.07) is 11.5. The average molecular weight is 380 g/mol. The van der Waals surface area contributed by atoms with Gasteiger partial charge in [-0.3, -0.25) is 15.1 Å². The van der Waals surface area contributed by atoms with Crippen molar-refractivity contribution in [1.82, 2.24) is 25.1 Å². The third kappa shape index (κ3) is 4.64. The summed E-state index contributed by atoms with van der Waals surface area (Å²) in [4.78, 5) is 31.3. The van der Waals surface area contributed by atoms with Gasteiger partial charge >= 0.3 is 6.03 Å². The Kier molecular flexibility index (Phi) is 5.88. The Morgan fingerprint density at radius 2 is 1.93 bits per heavy atom. The summed E-state index contributed by atoms with van der Waals surface area (Å²) in [7, 11) is 0. The van der Waals surface area contributed by atoms with Crippen molar-refractivity contribution in [3.8, 4) is 5.95 Å². The maximum Gasteiger partial charge on any atom is 0.320 e. The number of aryl methyl sites for hydroxylation is 3. The minimum absolute atomic E-state index is 0.230. The molecule has 0 saturated carbocycles. The molecule has 0 aliphatic rings. The molecular formula is C20H24N6O2. The fraction of sp³-hybridized carbons (Fsp3) is 0.300. The molecule has 8 nitrogen and oxygen atoms in total. The quantitative estimate of drug-likeness (QED) is 0.572. The molecule has 0 radical (unpaired) electrons. The highest BCUT2D eigenvalue weighted by molar-refractivity contribution is 5.88. The van der Waals surface area contributed by atoms with Crippen molar-refractivity contribution < 1.29 is 4.79 Å². The lowest BCUT2D eigenvalue weighted by Crippen LogP contribution is -2.31. The number of amides is 2. The summed E-state index contributed by atoms with van der Waals surface area (Å²) >= 11 is 0. The number of carbonyl (C=O) groups is 1. The van der Waals surface area contributed by atoms with Gasteiger partial charge in [-0.2, -0.15) is 9.78 Å². The number of nitrogens with one attached hydrogen (secondary N) is 3. The fourth-order valence-electron chi connectivity index (χ4n) is 2.78. The topological polar surface area (TPSA) is 105 Å². The molecule has 0 saturated heterocycles. The first-order valence-corrected chi connectivity index (χ1v) is 9.17. The first-order chi connectivity index (χ1) is 13.4. The van der Waals surface area contributed by atoms with Crippen molar-refractivity contribution in [2.24, 2.45) is 0 Å². The van der Waals surface area contributed by atoms with Gasteiger partial charge in [-0.1, -0.05) is 30.3 Å². The van der Waals surface area contributed by atoms with Crippen LogP contribution >= 0.6 is 0 Å². The van der Waals surface area contributed by atoms with E-state index >= 15 is 0 Å². The standard InChI is InChI=1S/C20H24N6O2/c1-13-12-17(26(25-13)19-22-15(3)14(2)18(27)24-19)23-20(28)21-11-7-10-16-8-5-4-6-9-16/h4-6,8-9,12H,7,10-11H2,1-3H3,(H2,21,23,28)(H,22,24,27). The first kappa shape index (κ1) is 19.3. The van der Waals surface area contributed by atoms with E-state index in [0.29, 0.717) is 29.3 Å². The summed E-state index contributed by atoms with van der Waals surface area (Å²) in [6.45, 7) is 5.82. The Bertz CT molecular complexity index is 1020. The molecule has 8 heteroatoms. The Hall–Kier alpha value is -3.42. The molecule has 0 spiro atoms. The molecule has 2 aromatic heterocycles. The van der Waals surface area contributed by atoms with Crippen LogP contribution in [-0.4, -0.2) is 32.3 Å². The average Bonchev–Trinajstić information content (AvgIpc) is 3.04. The number of rotatable bonds is 6. The van der Waals surface area contributed by atoms with Gasteiger partial charge in [-0.05, 0) is 39.2 Å². The second-order valence-electron chi connectivity index (χ2n) is 6.65. The molecule has 0 atom stereocenters.